The first-order chi connectivity index (χ1) is 4.83. The number of nitrogens with one attached hydrogen (secondary N) is 1. The van der Waals surface area contributed by atoms with Gasteiger partial charge in [-0.1, -0.05) is 19.8 Å². The molecule has 1 nitrogen and oxygen atoms in total. The topological polar surface area (TPSA) is 12.0 Å². The number of hydrogen-bond acceptors (Lipinski definition) is 1. The van der Waals surface area contributed by atoms with Gasteiger partial charge >= 0.3 is 0 Å². The lowest BCUT2D eigenvalue weighted by Crippen LogP contribution is -2.25. The number of hydrogen-bond donors (Lipinski definition) is 1. The van der Waals surface area contributed by atoms with Crippen molar-refractivity contribution in [3.05, 3.63) is 0 Å². The molecule has 1 rings (SSSR count). The highest BCUT2D eigenvalue weighted by molar-refractivity contribution is 4.74. The van der Waals surface area contributed by atoms with E-state index in [-0.39, 0.29) is 0 Å². The summed E-state index contributed by atoms with van der Waals surface area (Å²) < 4.78 is 0. The largest absolute Gasteiger partial charge is 0.315 e. The summed E-state index contributed by atoms with van der Waals surface area (Å²) in [4.78, 5) is 0. The minimum absolute atomic E-state index is 0.741. The zero-order chi connectivity index (χ0) is 7.40. The van der Waals surface area contributed by atoms with Gasteiger partial charge in [-0.15, -0.1) is 0 Å². The van der Waals surface area contributed by atoms with Gasteiger partial charge < -0.3 is 5.32 Å². The first-order valence-electron chi connectivity index (χ1n) is 4.56. The molecule has 1 atom stereocenters. The summed E-state index contributed by atoms with van der Waals surface area (Å²) >= 11 is 0. The van der Waals surface area contributed by atoms with E-state index in [0.29, 0.717) is 0 Å². The monoisotopic (exact) mass is 141 g/mol. The van der Waals surface area contributed by atoms with Gasteiger partial charge in [0.1, 0.15) is 0 Å². The van der Waals surface area contributed by atoms with Gasteiger partial charge in [0.05, 0.1) is 0 Å². The van der Waals surface area contributed by atoms with Crippen LogP contribution in [0.4, 0.5) is 0 Å². The highest BCUT2D eigenvalue weighted by Crippen LogP contribution is 2.33. The van der Waals surface area contributed by atoms with Gasteiger partial charge in [0.2, 0.25) is 0 Å². The van der Waals surface area contributed by atoms with Crippen LogP contribution in [-0.4, -0.2) is 12.6 Å². The molecule has 1 heteroatoms. The van der Waals surface area contributed by atoms with Crippen LogP contribution < -0.4 is 5.32 Å². The van der Waals surface area contributed by atoms with Crippen molar-refractivity contribution in [2.75, 3.05) is 6.54 Å². The lowest BCUT2D eigenvalue weighted by Gasteiger charge is -2.10. The van der Waals surface area contributed by atoms with Gasteiger partial charge in [-0.25, -0.2) is 0 Å². The van der Waals surface area contributed by atoms with Crippen molar-refractivity contribution < 1.29 is 0 Å². The molecule has 1 unspecified atom stereocenters. The van der Waals surface area contributed by atoms with Crippen molar-refractivity contribution in [1.82, 2.24) is 5.32 Å². The van der Waals surface area contributed by atoms with Crippen molar-refractivity contribution in [1.29, 1.82) is 0 Å². The van der Waals surface area contributed by atoms with Gasteiger partial charge in [-0.05, 0) is 32.2 Å². The maximum absolute atomic E-state index is 3.43. The van der Waals surface area contributed by atoms with Crippen LogP contribution in [0.2, 0.25) is 0 Å². The average molecular weight is 141 g/mol. The minimum atomic E-state index is 0.741. The van der Waals surface area contributed by atoms with Crippen molar-refractivity contribution in [3.63, 3.8) is 0 Å². The molecular weight excluding hydrogens is 122 g/mol. The zero-order valence-corrected chi connectivity index (χ0v) is 7.19. The van der Waals surface area contributed by atoms with Gasteiger partial charge in [0.15, 0.2) is 0 Å². The second-order valence-corrected chi connectivity index (χ2v) is 3.48. The fourth-order valence-corrected chi connectivity index (χ4v) is 1.34. The van der Waals surface area contributed by atoms with E-state index in [1.807, 2.05) is 0 Å². The van der Waals surface area contributed by atoms with E-state index in [1.165, 1.54) is 25.7 Å². The smallest absolute Gasteiger partial charge is 0.00387 e. The summed E-state index contributed by atoms with van der Waals surface area (Å²) in [6.07, 6.45) is 5.82. The van der Waals surface area contributed by atoms with Crippen molar-refractivity contribution >= 4 is 0 Å². The van der Waals surface area contributed by atoms with Crippen molar-refractivity contribution in [3.8, 4) is 0 Å². The quantitative estimate of drug-likeness (QED) is 0.618. The Labute approximate surface area is 64.2 Å². The highest BCUT2D eigenvalue weighted by atomic mass is 14.9. The van der Waals surface area contributed by atoms with Crippen LogP contribution in [0.1, 0.15) is 39.5 Å². The third-order valence-electron chi connectivity index (χ3n) is 2.26. The van der Waals surface area contributed by atoms with Crippen LogP contribution in [0.3, 0.4) is 0 Å². The van der Waals surface area contributed by atoms with Gasteiger partial charge in [-0.3, -0.25) is 0 Å². The summed E-state index contributed by atoms with van der Waals surface area (Å²) in [7, 11) is 0. The van der Waals surface area contributed by atoms with E-state index in [4.69, 9.17) is 0 Å². The maximum atomic E-state index is 3.43. The Bertz CT molecular complexity index is 86.7. The average Bonchev–Trinajstić information content (AvgIpc) is 2.67. The van der Waals surface area contributed by atoms with E-state index < -0.39 is 0 Å². The lowest BCUT2D eigenvalue weighted by molar-refractivity contribution is 0.495. The summed E-state index contributed by atoms with van der Waals surface area (Å²) in [5.41, 5.74) is 0. The molecule has 0 radical (unpaired) electrons. The van der Waals surface area contributed by atoms with Crippen LogP contribution in [0.5, 0.6) is 0 Å². The van der Waals surface area contributed by atoms with E-state index >= 15 is 0 Å². The predicted octanol–water partition coefficient (Wildman–Crippen LogP) is 2.17. The molecular formula is C9H19N. The second-order valence-electron chi connectivity index (χ2n) is 3.48. The molecule has 0 aromatic rings. The SMILES string of the molecule is CCNC(C)CCC1CC1. The molecule has 1 N–H and O–H groups in total. The molecule has 0 amide bonds. The Hall–Kier alpha value is -0.0400. The summed E-state index contributed by atoms with van der Waals surface area (Å²) in [6.45, 7) is 5.57. The van der Waals surface area contributed by atoms with Crippen LogP contribution in [0.25, 0.3) is 0 Å². The molecule has 1 aliphatic rings. The minimum Gasteiger partial charge on any atom is -0.315 e. The van der Waals surface area contributed by atoms with Crippen molar-refractivity contribution in [2.45, 2.75) is 45.6 Å². The third-order valence-corrected chi connectivity index (χ3v) is 2.26. The summed E-state index contributed by atoms with van der Waals surface area (Å²) in [6, 6.07) is 0.741. The Kier molecular flexibility index (Phi) is 3.20. The first kappa shape index (κ1) is 8.06. The fourth-order valence-electron chi connectivity index (χ4n) is 1.34. The van der Waals surface area contributed by atoms with Crippen LogP contribution in [0.15, 0.2) is 0 Å². The first-order valence-corrected chi connectivity index (χ1v) is 4.56. The Morgan fingerprint density at radius 3 is 2.70 bits per heavy atom. The van der Waals surface area contributed by atoms with Crippen molar-refractivity contribution in [2.24, 2.45) is 5.92 Å². The van der Waals surface area contributed by atoms with Crippen LogP contribution in [0, 0.1) is 5.92 Å². The molecule has 0 aromatic heterocycles. The molecule has 0 aromatic carbocycles. The Morgan fingerprint density at radius 1 is 1.50 bits per heavy atom. The van der Waals surface area contributed by atoms with E-state index in [1.54, 1.807) is 0 Å². The molecule has 0 spiro atoms. The number of rotatable bonds is 5. The van der Waals surface area contributed by atoms with E-state index in [0.717, 1.165) is 18.5 Å². The van der Waals surface area contributed by atoms with E-state index in [9.17, 15) is 0 Å². The molecule has 0 bridgehead atoms. The standard InChI is InChI=1S/C9H19N/c1-3-10-8(2)4-5-9-6-7-9/h8-10H,3-7H2,1-2H3. The Balaban J connectivity index is 1.89. The summed E-state index contributed by atoms with van der Waals surface area (Å²) in [5.74, 6) is 1.10. The molecule has 10 heavy (non-hydrogen) atoms. The highest BCUT2D eigenvalue weighted by Gasteiger charge is 2.20. The third kappa shape index (κ3) is 3.21. The molecule has 0 heterocycles. The normalized spacial score (nSPS) is 21.0. The van der Waals surface area contributed by atoms with Gasteiger partial charge in [0, 0.05) is 6.04 Å². The molecule has 1 fully saturated rings. The van der Waals surface area contributed by atoms with Crippen LogP contribution in [-0.2, 0) is 0 Å². The molecule has 60 valence electrons. The van der Waals surface area contributed by atoms with Gasteiger partial charge in [0.25, 0.3) is 0 Å². The zero-order valence-electron chi connectivity index (χ0n) is 7.19. The van der Waals surface area contributed by atoms with Crippen LogP contribution >= 0.6 is 0 Å². The second kappa shape index (κ2) is 3.97. The maximum Gasteiger partial charge on any atom is 0.00387 e. The molecule has 0 aliphatic heterocycles. The molecule has 1 aliphatic carbocycles. The van der Waals surface area contributed by atoms with Gasteiger partial charge in [-0.2, -0.15) is 0 Å². The Morgan fingerprint density at radius 2 is 2.20 bits per heavy atom. The summed E-state index contributed by atoms with van der Waals surface area (Å²) in [5, 5.41) is 3.43. The fraction of sp³-hybridized carbons (Fsp3) is 1.00. The molecule has 1 saturated carbocycles. The van der Waals surface area contributed by atoms with E-state index in [2.05, 4.69) is 19.2 Å². The lowest BCUT2D eigenvalue weighted by atomic mass is 10.1. The predicted molar refractivity (Wildman–Crippen MR) is 45.1 cm³/mol. The molecule has 0 saturated heterocycles.